The van der Waals surface area contributed by atoms with Crippen LogP contribution in [0.15, 0.2) is 29.4 Å². The molecule has 0 aliphatic carbocycles. The number of aromatic nitrogens is 1. The van der Waals surface area contributed by atoms with Gasteiger partial charge in [0.15, 0.2) is 0 Å². The molecule has 0 bridgehead atoms. The van der Waals surface area contributed by atoms with Crippen LogP contribution in [0.2, 0.25) is 0 Å². The standard InChI is InChI=1S/C16H22N4O2/c17-9-13-8-15(21-10-12-4-3-7-18-12)14(20-13)11-22-16-5-1-2-6-19-16/h1-2,5-6,9,12,14-15,17-18H,3-4,7-8,10-11H2/t12-,14-,15?/m1/s1. The highest BCUT2D eigenvalue weighted by atomic mass is 16.5. The Morgan fingerprint density at radius 2 is 2.32 bits per heavy atom. The Bertz CT molecular complexity index is 514. The Morgan fingerprint density at radius 3 is 3.05 bits per heavy atom. The van der Waals surface area contributed by atoms with Crippen molar-refractivity contribution in [2.24, 2.45) is 4.99 Å². The second-order valence-corrected chi connectivity index (χ2v) is 5.68. The molecule has 1 unspecified atom stereocenters. The molecule has 6 nitrogen and oxygen atoms in total. The van der Waals surface area contributed by atoms with Crippen LogP contribution in [0.3, 0.4) is 0 Å². The minimum atomic E-state index is -0.0694. The van der Waals surface area contributed by atoms with Crippen molar-refractivity contribution in [1.29, 1.82) is 5.41 Å². The van der Waals surface area contributed by atoms with Crippen LogP contribution in [0.1, 0.15) is 19.3 Å². The van der Waals surface area contributed by atoms with Crippen molar-refractivity contribution < 1.29 is 9.47 Å². The number of aliphatic imine (C=N–C) groups is 1. The van der Waals surface area contributed by atoms with Gasteiger partial charge in [-0.15, -0.1) is 0 Å². The maximum absolute atomic E-state index is 7.40. The molecule has 118 valence electrons. The Hall–Kier alpha value is -1.79. The quantitative estimate of drug-likeness (QED) is 0.747. The smallest absolute Gasteiger partial charge is 0.213 e. The van der Waals surface area contributed by atoms with Gasteiger partial charge >= 0.3 is 0 Å². The zero-order valence-electron chi connectivity index (χ0n) is 12.6. The third kappa shape index (κ3) is 3.90. The summed E-state index contributed by atoms with van der Waals surface area (Å²) < 4.78 is 11.7. The average Bonchev–Trinajstić information content (AvgIpc) is 3.21. The summed E-state index contributed by atoms with van der Waals surface area (Å²) in [5.74, 6) is 0.595. The fourth-order valence-electron chi connectivity index (χ4n) is 2.84. The van der Waals surface area contributed by atoms with E-state index in [2.05, 4.69) is 15.3 Å². The predicted molar refractivity (Wildman–Crippen MR) is 85.1 cm³/mol. The van der Waals surface area contributed by atoms with Crippen molar-refractivity contribution in [2.45, 2.75) is 37.5 Å². The molecule has 0 amide bonds. The Kier molecular flexibility index (Phi) is 5.13. The van der Waals surface area contributed by atoms with Crippen molar-refractivity contribution in [2.75, 3.05) is 19.8 Å². The monoisotopic (exact) mass is 302 g/mol. The molecule has 3 atom stereocenters. The van der Waals surface area contributed by atoms with Crippen molar-refractivity contribution in [1.82, 2.24) is 10.3 Å². The molecule has 1 fully saturated rings. The van der Waals surface area contributed by atoms with Crippen LogP contribution in [-0.2, 0) is 4.74 Å². The van der Waals surface area contributed by atoms with Crippen molar-refractivity contribution in [3.63, 3.8) is 0 Å². The molecule has 2 N–H and O–H groups in total. The highest BCUT2D eigenvalue weighted by Crippen LogP contribution is 2.20. The van der Waals surface area contributed by atoms with Gasteiger partial charge in [0.05, 0.1) is 18.4 Å². The van der Waals surface area contributed by atoms with Gasteiger partial charge < -0.3 is 20.2 Å². The maximum atomic E-state index is 7.40. The van der Waals surface area contributed by atoms with E-state index in [9.17, 15) is 0 Å². The molecule has 6 heteroatoms. The van der Waals surface area contributed by atoms with Gasteiger partial charge in [0.1, 0.15) is 12.6 Å². The SMILES string of the molecule is N=CC1=N[C@H](COc2ccccn2)C(OC[C@H]2CCCN2)C1. The molecular weight excluding hydrogens is 280 g/mol. The molecule has 0 saturated carbocycles. The number of ether oxygens (including phenoxy) is 2. The first-order valence-corrected chi connectivity index (χ1v) is 7.81. The van der Waals surface area contributed by atoms with E-state index in [1.54, 1.807) is 6.20 Å². The van der Waals surface area contributed by atoms with Gasteiger partial charge in [0.25, 0.3) is 0 Å². The number of rotatable bonds is 7. The van der Waals surface area contributed by atoms with E-state index in [4.69, 9.17) is 14.9 Å². The first kappa shape index (κ1) is 15.1. The zero-order chi connectivity index (χ0) is 15.2. The summed E-state index contributed by atoms with van der Waals surface area (Å²) in [7, 11) is 0. The number of nitrogens with one attached hydrogen (secondary N) is 2. The minimum absolute atomic E-state index is 0.0114. The lowest BCUT2D eigenvalue weighted by Crippen LogP contribution is -2.34. The van der Waals surface area contributed by atoms with Gasteiger partial charge in [-0.2, -0.15) is 0 Å². The number of hydrogen-bond acceptors (Lipinski definition) is 6. The summed E-state index contributed by atoms with van der Waals surface area (Å²) >= 11 is 0. The van der Waals surface area contributed by atoms with Crippen molar-refractivity contribution in [3.8, 4) is 5.88 Å². The fraction of sp³-hybridized carbons (Fsp3) is 0.562. The van der Waals surface area contributed by atoms with Crippen molar-refractivity contribution in [3.05, 3.63) is 24.4 Å². The lowest BCUT2D eigenvalue weighted by Gasteiger charge is -2.21. The van der Waals surface area contributed by atoms with E-state index in [1.807, 2.05) is 18.2 Å². The number of hydrogen-bond donors (Lipinski definition) is 2. The van der Waals surface area contributed by atoms with Crippen LogP contribution in [0.25, 0.3) is 0 Å². The normalized spacial score (nSPS) is 27.6. The van der Waals surface area contributed by atoms with Crippen LogP contribution in [0.5, 0.6) is 5.88 Å². The lowest BCUT2D eigenvalue weighted by molar-refractivity contribution is 0.0257. The van der Waals surface area contributed by atoms with E-state index in [0.29, 0.717) is 31.6 Å². The molecule has 1 aromatic rings. The third-order valence-corrected chi connectivity index (χ3v) is 4.05. The first-order valence-electron chi connectivity index (χ1n) is 7.81. The Balaban J connectivity index is 1.53. The average molecular weight is 302 g/mol. The van der Waals surface area contributed by atoms with E-state index < -0.39 is 0 Å². The molecule has 22 heavy (non-hydrogen) atoms. The summed E-state index contributed by atoms with van der Waals surface area (Å²) in [6, 6.07) is 5.95. The lowest BCUT2D eigenvalue weighted by atomic mass is 10.1. The second-order valence-electron chi connectivity index (χ2n) is 5.68. The highest BCUT2D eigenvalue weighted by molar-refractivity contribution is 6.30. The summed E-state index contributed by atoms with van der Waals surface area (Å²) in [6.07, 6.45) is 6.07. The summed E-state index contributed by atoms with van der Waals surface area (Å²) in [6.45, 7) is 2.20. The molecule has 2 aliphatic rings. The third-order valence-electron chi connectivity index (χ3n) is 4.05. The number of pyridine rings is 1. The second kappa shape index (κ2) is 7.47. The molecule has 3 rings (SSSR count). The molecule has 2 aliphatic heterocycles. The van der Waals surface area contributed by atoms with Crippen molar-refractivity contribution >= 4 is 11.9 Å². The molecular formula is C16H22N4O2. The van der Waals surface area contributed by atoms with Gasteiger partial charge in [0, 0.05) is 30.9 Å². The molecule has 0 aromatic carbocycles. The fourth-order valence-corrected chi connectivity index (χ4v) is 2.84. The molecule has 1 aromatic heterocycles. The largest absolute Gasteiger partial charge is 0.475 e. The van der Waals surface area contributed by atoms with E-state index >= 15 is 0 Å². The van der Waals surface area contributed by atoms with Crippen LogP contribution >= 0.6 is 0 Å². The zero-order valence-corrected chi connectivity index (χ0v) is 12.6. The molecule has 0 spiro atoms. The molecule has 3 heterocycles. The summed E-state index contributed by atoms with van der Waals surface area (Å²) in [5, 5.41) is 10.8. The topological polar surface area (TPSA) is 79.6 Å². The minimum Gasteiger partial charge on any atom is -0.475 e. The van der Waals surface area contributed by atoms with Crippen LogP contribution in [0.4, 0.5) is 0 Å². The summed E-state index contributed by atoms with van der Waals surface area (Å²) in [4.78, 5) is 8.67. The van der Waals surface area contributed by atoms with Crippen LogP contribution in [0, 0.1) is 5.41 Å². The predicted octanol–water partition coefficient (Wildman–Crippen LogP) is 1.46. The number of nitrogens with zero attached hydrogens (tertiary/aromatic N) is 2. The molecule has 1 saturated heterocycles. The van der Waals surface area contributed by atoms with Gasteiger partial charge in [-0.05, 0) is 25.5 Å². The van der Waals surface area contributed by atoms with Gasteiger partial charge in [-0.25, -0.2) is 4.98 Å². The van der Waals surface area contributed by atoms with Gasteiger partial charge in [-0.1, -0.05) is 6.07 Å². The Labute approximate surface area is 130 Å². The molecule has 0 radical (unpaired) electrons. The van der Waals surface area contributed by atoms with Crippen LogP contribution in [-0.4, -0.2) is 54.9 Å². The Morgan fingerprint density at radius 1 is 1.36 bits per heavy atom. The van der Waals surface area contributed by atoms with Gasteiger partial charge in [-0.3, -0.25) is 4.99 Å². The van der Waals surface area contributed by atoms with Crippen LogP contribution < -0.4 is 10.1 Å². The highest BCUT2D eigenvalue weighted by Gasteiger charge is 2.31. The summed E-state index contributed by atoms with van der Waals surface area (Å²) in [5.41, 5.74) is 0.777. The van der Waals surface area contributed by atoms with Gasteiger partial charge in [0.2, 0.25) is 5.88 Å². The van der Waals surface area contributed by atoms with E-state index in [1.165, 1.54) is 19.1 Å². The maximum Gasteiger partial charge on any atom is 0.213 e. The first-order chi connectivity index (χ1) is 10.8. The van der Waals surface area contributed by atoms with E-state index in [-0.39, 0.29) is 12.1 Å². The van der Waals surface area contributed by atoms with E-state index in [0.717, 1.165) is 12.3 Å².